The first-order chi connectivity index (χ1) is 15.0. The average Bonchev–Trinajstić information content (AvgIpc) is 2.71. The largest absolute Gasteiger partial charge is 0.480 e. The van der Waals surface area contributed by atoms with Crippen molar-refractivity contribution in [3.05, 3.63) is 70.4 Å². The Morgan fingerprint density at radius 1 is 1.09 bits per heavy atom. The van der Waals surface area contributed by atoms with E-state index in [0.717, 1.165) is 19.1 Å². The van der Waals surface area contributed by atoms with Gasteiger partial charge in [-0.15, -0.1) is 0 Å². The highest BCUT2D eigenvalue weighted by molar-refractivity contribution is 6.34. The van der Waals surface area contributed by atoms with Crippen LogP contribution in [0.3, 0.4) is 0 Å². The predicted octanol–water partition coefficient (Wildman–Crippen LogP) is 5.97. The van der Waals surface area contributed by atoms with E-state index < -0.39 is 46.8 Å². The number of aromatic nitrogens is 2. The lowest BCUT2D eigenvalue weighted by Crippen LogP contribution is -2.32. The number of hydrogen-bond donors (Lipinski definition) is 1. The predicted molar refractivity (Wildman–Crippen MR) is 108 cm³/mol. The van der Waals surface area contributed by atoms with Crippen LogP contribution in [0.25, 0.3) is 11.3 Å². The number of hydrogen-bond acceptors (Lipinski definition) is 4. The smallest absolute Gasteiger partial charge is 0.425 e. The number of nitrogens with one attached hydrogen (secondary N) is 1. The standard InChI is InChI=1S/C21H15ClF5N3O2/c1-10-6-7-17(30-29-10)12-9-18(32-11(2)21(25,26)27)13(8-16(12)24)20(31)28-19-14(22)4-3-5-15(19)23/h3-9,11H,1-2H3,(H,28,31)/t11-/m0/s1. The summed E-state index contributed by atoms with van der Waals surface area (Å²) in [7, 11) is 0. The Bertz CT molecular complexity index is 1130. The lowest BCUT2D eigenvalue weighted by Gasteiger charge is -2.20. The molecule has 3 aromatic rings. The molecule has 0 unspecified atom stereocenters. The van der Waals surface area contributed by atoms with E-state index >= 15 is 0 Å². The van der Waals surface area contributed by atoms with Crippen molar-refractivity contribution in [1.82, 2.24) is 10.2 Å². The molecule has 1 N–H and O–H groups in total. The van der Waals surface area contributed by atoms with E-state index in [1.807, 2.05) is 0 Å². The van der Waals surface area contributed by atoms with Crippen LogP contribution in [-0.2, 0) is 0 Å². The van der Waals surface area contributed by atoms with E-state index in [9.17, 15) is 26.7 Å². The summed E-state index contributed by atoms with van der Waals surface area (Å²) < 4.78 is 73.0. The lowest BCUT2D eigenvalue weighted by atomic mass is 10.1. The van der Waals surface area contributed by atoms with Crippen molar-refractivity contribution in [2.24, 2.45) is 0 Å². The summed E-state index contributed by atoms with van der Waals surface area (Å²) in [5.74, 6) is -3.57. The van der Waals surface area contributed by atoms with E-state index in [2.05, 4.69) is 15.5 Å². The number of halogens is 6. The fraction of sp³-hybridized carbons (Fsp3) is 0.190. The van der Waals surface area contributed by atoms with E-state index in [1.54, 1.807) is 6.92 Å². The molecule has 168 valence electrons. The highest BCUT2D eigenvalue weighted by Gasteiger charge is 2.39. The third-order valence-electron chi connectivity index (χ3n) is 4.35. The summed E-state index contributed by atoms with van der Waals surface area (Å²) in [6.07, 6.45) is -7.09. The Balaban J connectivity index is 2.08. The quantitative estimate of drug-likeness (QED) is 0.466. The van der Waals surface area contributed by atoms with Gasteiger partial charge in [0.1, 0.15) is 17.4 Å². The number of rotatable bonds is 5. The minimum Gasteiger partial charge on any atom is -0.480 e. The number of amides is 1. The van der Waals surface area contributed by atoms with Crippen LogP contribution in [0.2, 0.25) is 5.02 Å². The van der Waals surface area contributed by atoms with Crippen molar-refractivity contribution in [3.8, 4) is 17.0 Å². The number of para-hydroxylation sites is 1. The highest BCUT2D eigenvalue weighted by Crippen LogP contribution is 2.34. The molecule has 5 nitrogen and oxygen atoms in total. The van der Waals surface area contributed by atoms with Crippen LogP contribution in [0.4, 0.5) is 27.6 Å². The normalized spacial score (nSPS) is 12.4. The van der Waals surface area contributed by atoms with Gasteiger partial charge in [-0.05, 0) is 50.2 Å². The van der Waals surface area contributed by atoms with Gasteiger partial charge in [-0.25, -0.2) is 8.78 Å². The molecular formula is C21H15ClF5N3O2. The van der Waals surface area contributed by atoms with Crippen LogP contribution >= 0.6 is 11.6 Å². The van der Waals surface area contributed by atoms with Gasteiger partial charge in [-0.3, -0.25) is 4.79 Å². The average molecular weight is 472 g/mol. The molecule has 1 amide bonds. The molecule has 1 aromatic heterocycles. The van der Waals surface area contributed by atoms with Crippen molar-refractivity contribution < 1.29 is 31.5 Å². The molecule has 1 heterocycles. The van der Waals surface area contributed by atoms with Gasteiger partial charge < -0.3 is 10.1 Å². The molecule has 1 atom stereocenters. The van der Waals surface area contributed by atoms with E-state index in [4.69, 9.17) is 16.3 Å². The van der Waals surface area contributed by atoms with Gasteiger partial charge in [0.05, 0.1) is 27.7 Å². The number of anilines is 1. The molecule has 0 aliphatic rings. The van der Waals surface area contributed by atoms with Gasteiger partial charge in [-0.2, -0.15) is 23.4 Å². The molecular weight excluding hydrogens is 457 g/mol. The summed E-state index contributed by atoms with van der Waals surface area (Å²) in [6, 6.07) is 8.14. The second kappa shape index (κ2) is 9.07. The minimum atomic E-state index is -4.76. The molecule has 0 aliphatic carbocycles. The van der Waals surface area contributed by atoms with Crippen LogP contribution in [0.5, 0.6) is 5.75 Å². The number of alkyl halides is 3. The molecule has 0 radical (unpaired) electrons. The number of carbonyl (C=O) groups is 1. The fourth-order valence-electron chi connectivity index (χ4n) is 2.62. The van der Waals surface area contributed by atoms with Gasteiger partial charge in [0.15, 0.2) is 6.10 Å². The molecule has 0 saturated carbocycles. The van der Waals surface area contributed by atoms with E-state index in [1.165, 1.54) is 24.3 Å². The summed E-state index contributed by atoms with van der Waals surface area (Å²) >= 11 is 5.87. The monoisotopic (exact) mass is 471 g/mol. The SMILES string of the molecule is Cc1ccc(-c2cc(O[C@@H](C)C(F)(F)F)c(C(=O)Nc3c(F)cccc3Cl)cc2F)nn1. The zero-order valence-corrected chi connectivity index (χ0v) is 17.4. The number of carbonyl (C=O) groups excluding carboxylic acids is 1. The van der Waals surface area contributed by atoms with Gasteiger partial charge in [-0.1, -0.05) is 17.7 Å². The Hall–Kier alpha value is -3.27. The number of aryl methyl sites for hydroxylation is 1. The number of benzene rings is 2. The zero-order valence-electron chi connectivity index (χ0n) is 16.6. The maximum Gasteiger partial charge on any atom is 0.425 e. The van der Waals surface area contributed by atoms with Crippen molar-refractivity contribution in [3.63, 3.8) is 0 Å². The number of ether oxygens (including phenoxy) is 1. The zero-order chi connectivity index (χ0) is 23.6. The molecule has 32 heavy (non-hydrogen) atoms. The maximum atomic E-state index is 14.8. The molecule has 0 bridgehead atoms. The van der Waals surface area contributed by atoms with Gasteiger partial charge in [0, 0.05) is 5.56 Å². The molecule has 11 heteroatoms. The first-order valence-corrected chi connectivity index (χ1v) is 9.48. The van der Waals surface area contributed by atoms with Crippen molar-refractivity contribution in [1.29, 1.82) is 0 Å². The summed E-state index contributed by atoms with van der Waals surface area (Å²) in [6.45, 7) is 2.37. The highest BCUT2D eigenvalue weighted by atomic mass is 35.5. The topological polar surface area (TPSA) is 64.1 Å². The van der Waals surface area contributed by atoms with Crippen LogP contribution in [0.1, 0.15) is 23.0 Å². The maximum absolute atomic E-state index is 14.8. The minimum absolute atomic E-state index is 0.0155. The molecule has 0 fully saturated rings. The summed E-state index contributed by atoms with van der Waals surface area (Å²) in [5, 5.41) is 9.58. The van der Waals surface area contributed by atoms with Gasteiger partial charge in [0.25, 0.3) is 5.91 Å². The van der Waals surface area contributed by atoms with Crippen molar-refractivity contribution in [2.75, 3.05) is 5.32 Å². The summed E-state index contributed by atoms with van der Waals surface area (Å²) in [5.41, 5.74) is -0.692. The van der Waals surface area contributed by atoms with Gasteiger partial charge in [0.2, 0.25) is 0 Å². The second-order valence-electron chi connectivity index (χ2n) is 6.74. The van der Waals surface area contributed by atoms with Crippen molar-refractivity contribution >= 4 is 23.2 Å². The van der Waals surface area contributed by atoms with Gasteiger partial charge >= 0.3 is 6.18 Å². The lowest BCUT2D eigenvalue weighted by molar-refractivity contribution is -0.189. The molecule has 0 aliphatic heterocycles. The Kier molecular flexibility index (Phi) is 6.63. The fourth-order valence-corrected chi connectivity index (χ4v) is 2.83. The second-order valence-corrected chi connectivity index (χ2v) is 7.15. The molecule has 3 rings (SSSR count). The van der Waals surface area contributed by atoms with Crippen molar-refractivity contribution in [2.45, 2.75) is 26.1 Å². The third-order valence-corrected chi connectivity index (χ3v) is 4.67. The summed E-state index contributed by atoms with van der Waals surface area (Å²) in [4.78, 5) is 12.7. The first-order valence-electron chi connectivity index (χ1n) is 9.10. The number of nitrogens with zero attached hydrogens (tertiary/aromatic N) is 2. The van der Waals surface area contributed by atoms with E-state index in [0.29, 0.717) is 11.8 Å². The van der Waals surface area contributed by atoms with Crippen LogP contribution in [0.15, 0.2) is 42.5 Å². The van der Waals surface area contributed by atoms with Crippen LogP contribution in [-0.4, -0.2) is 28.4 Å². The van der Waals surface area contributed by atoms with E-state index in [-0.39, 0.29) is 16.3 Å². The Labute approximate surface area is 184 Å². The third kappa shape index (κ3) is 5.13. The van der Waals surface area contributed by atoms with Crippen LogP contribution in [0, 0.1) is 18.6 Å². The Morgan fingerprint density at radius 2 is 1.81 bits per heavy atom. The molecule has 0 saturated heterocycles. The molecule has 2 aromatic carbocycles. The first kappa shape index (κ1) is 23.4. The molecule has 0 spiro atoms. The Morgan fingerprint density at radius 3 is 2.41 bits per heavy atom. The van der Waals surface area contributed by atoms with Crippen LogP contribution < -0.4 is 10.1 Å².